The van der Waals surface area contributed by atoms with Crippen molar-refractivity contribution < 1.29 is 8.78 Å². The molecule has 0 unspecified atom stereocenters. The summed E-state index contributed by atoms with van der Waals surface area (Å²) in [5, 5.41) is 0. The van der Waals surface area contributed by atoms with Crippen molar-refractivity contribution in [1.29, 1.82) is 0 Å². The summed E-state index contributed by atoms with van der Waals surface area (Å²) in [5.41, 5.74) is 13.1. The smallest absolute Gasteiger partial charge is 0.126 e. The molecule has 0 radical (unpaired) electrons. The van der Waals surface area contributed by atoms with Gasteiger partial charge in [-0.25, -0.2) is 8.78 Å². The zero-order valence-corrected chi connectivity index (χ0v) is 8.37. The van der Waals surface area contributed by atoms with Crippen LogP contribution in [-0.2, 0) is 0 Å². The lowest BCUT2D eigenvalue weighted by atomic mass is 10.0. The third-order valence-electron chi connectivity index (χ3n) is 2.28. The molecule has 2 rings (SSSR count). The average molecular weight is 220 g/mol. The largest absolute Gasteiger partial charge is 0.397 e. The summed E-state index contributed by atoms with van der Waals surface area (Å²) in [4.78, 5) is 0. The van der Waals surface area contributed by atoms with Gasteiger partial charge in [0.25, 0.3) is 0 Å². The van der Waals surface area contributed by atoms with E-state index in [1.54, 1.807) is 18.2 Å². The molecule has 0 aliphatic heterocycles. The highest BCUT2D eigenvalue weighted by Gasteiger charge is 2.04. The number of nitrogens with two attached hydrogens (primary N) is 2. The highest BCUT2D eigenvalue weighted by atomic mass is 19.1. The first-order valence-corrected chi connectivity index (χ1v) is 4.68. The van der Waals surface area contributed by atoms with E-state index in [9.17, 15) is 8.78 Å². The molecule has 4 N–H and O–H groups in total. The third kappa shape index (κ3) is 1.95. The summed E-state index contributed by atoms with van der Waals surface area (Å²) in [5.74, 6) is -1.24. The predicted molar refractivity (Wildman–Crippen MR) is 60.6 cm³/mol. The van der Waals surface area contributed by atoms with Crippen molar-refractivity contribution in [3.63, 3.8) is 0 Å². The molecule has 0 heterocycles. The van der Waals surface area contributed by atoms with Crippen molar-refractivity contribution in [2.24, 2.45) is 0 Å². The molecule has 0 bridgehead atoms. The molecule has 2 aromatic rings. The van der Waals surface area contributed by atoms with Gasteiger partial charge in [-0.3, -0.25) is 0 Å². The summed E-state index contributed by atoms with van der Waals surface area (Å²) in [7, 11) is 0. The zero-order valence-electron chi connectivity index (χ0n) is 8.37. The van der Waals surface area contributed by atoms with Gasteiger partial charge < -0.3 is 11.5 Å². The highest BCUT2D eigenvalue weighted by molar-refractivity contribution is 5.74. The van der Waals surface area contributed by atoms with Gasteiger partial charge in [-0.15, -0.1) is 0 Å². The molecule has 2 aromatic carbocycles. The summed E-state index contributed by atoms with van der Waals surface area (Å²) >= 11 is 0. The number of nitrogen functional groups attached to an aromatic ring is 2. The Bertz CT molecular complexity index is 518. The van der Waals surface area contributed by atoms with Crippen LogP contribution in [0.1, 0.15) is 0 Å². The van der Waals surface area contributed by atoms with Crippen molar-refractivity contribution in [2.45, 2.75) is 0 Å². The Morgan fingerprint density at radius 2 is 1.31 bits per heavy atom. The lowest BCUT2D eigenvalue weighted by Gasteiger charge is -2.05. The first-order chi connectivity index (χ1) is 7.56. The van der Waals surface area contributed by atoms with Crippen molar-refractivity contribution in [3.05, 3.63) is 48.0 Å². The predicted octanol–water partition coefficient (Wildman–Crippen LogP) is 2.80. The molecule has 0 saturated carbocycles. The molecule has 4 heteroatoms. The molecular formula is C12H10F2N2. The van der Waals surface area contributed by atoms with E-state index in [1.165, 1.54) is 12.1 Å². The van der Waals surface area contributed by atoms with Gasteiger partial charge in [0.15, 0.2) is 0 Å². The minimum atomic E-state index is -0.620. The Hall–Kier alpha value is -2.10. The zero-order chi connectivity index (χ0) is 11.7. The first-order valence-electron chi connectivity index (χ1n) is 4.68. The maximum absolute atomic E-state index is 13.0. The topological polar surface area (TPSA) is 52.0 Å². The monoisotopic (exact) mass is 220 g/mol. The Labute approximate surface area is 91.5 Å². The number of benzene rings is 2. The lowest BCUT2D eigenvalue weighted by Crippen LogP contribution is -1.94. The Morgan fingerprint density at radius 3 is 1.88 bits per heavy atom. The Kier molecular flexibility index (Phi) is 2.48. The van der Waals surface area contributed by atoms with E-state index in [4.69, 9.17) is 11.5 Å². The second kappa shape index (κ2) is 3.81. The first kappa shape index (κ1) is 10.4. The molecule has 16 heavy (non-hydrogen) atoms. The van der Waals surface area contributed by atoms with Gasteiger partial charge in [-0.05, 0) is 35.4 Å². The van der Waals surface area contributed by atoms with Crippen LogP contribution >= 0.6 is 0 Å². The fraction of sp³-hybridized carbons (Fsp3) is 0. The van der Waals surface area contributed by atoms with Gasteiger partial charge in [-0.1, -0.05) is 6.07 Å². The van der Waals surface area contributed by atoms with Crippen LogP contribution < -0.4 is 11.5 Å². The molecule has 0 aliphatic rings. The van der Waals surface area contributed by atoms with Crippen LogP contribution in [0, 0.1) is 11.6 Å². The number of rotatable bonds is 1. The number of halogens is 2. The normalized spacial score (nSPS) is 10.4. The average Bonchev–Trinajstić information content (AvgIpc) is 2.20. The molecule has 2 nitrogen and oxygen atoms in total. The molecule has 0 aromatic heterocycles. The number of hydrogen-bond donors (Lipinski definition) is 2. The summed E-state index contributed by atoms with van der Waals surface area (Å²) < 4.78 is 26.0. The van der Waals surface area contributed by atoms with Crippen LogP contribution in [0.5, 0.6) is 0 Å². The summed E-state index contributed by atoms with van der Waals surface area (Å²) in [6.07, 6.45) is 0. The molecule has 0 saturated heterocycles. The molecule has 82 valence electrons. The summed E-state index contributed by atoms with van der Waals surface area (Å²) in [6, 6.07) is 8.17. The van der Waals surface area contributed by atoms with E-state index in [0.29, 0.717) is 22.5 Å². The van der Waals surface area contributed by atoms with Crippen LogP contribution in [0.3, 0.4) is 0 Å². The van der Waals surface area contributed by atoms with E-state index in [0.717, 1.165) is 6.07 Å². The van der Waals surface area contributed by atoms with Crippen LogP contribution in [0.25, 0.3) is 11.1 Å². The van der Waals surface area contributed by atoms with Gasteiger partial charge in [0.2, 0.25) is 0 Å². The molecule has 0 atom stereocenters. The van der Waals surface area contributed by atoms with Crippen molar-refractivity contribution in [2.75, 3.05) is 11.5 Å². The SMILES string of the molecule is Nc1ccc(-c2cc(F)cc(F)c2)cc1N. The van der Waals surface area contributed by atoms with Crippen LogP contribution in [0.15, 0.2) is 36.4 Å². The summed E-state index contributed by atoms with van der Waals surface area (Å²) in [6.45, 7) is 0. The van der Waals surface area contributed by atoms with E-state index in [2.05, 4.69) is 0 Å². The fourth-order valence-corrected chi connectivity index (χ4v) is 1.47. The number of anilines is 2. The Morgan fingerprint density at radius 1 is 0.688 bits per heavy atom. The standard InChI is InChI=1S/C12H10F2N2/c13-9-3-8(4-10(14)6-9)7-1-2-11(15)12(16)5-7/h1-6H,15-16H2. The van der Waals surface area contributed by atoms with Gasteiger partial charge in [0.05, 0.1) is 11.4 Å². The third-order valence-corrected chi connectivity index (χ3v) is 2.28. The second-order valence-electron chi connectivity index (χ2n) is 3.50. The van der Waals surface area contributed by atoms with Crippen LogP contribution in [0.2, 0.25) is 0 Å². The minimum absolute atomic E-state index is 0.391. The maximum Gasteiger partial charge on any atom is 0.126 e. The molecule has 0 spiro atoms. The molecule has 0 aliphatic carbocycles. The van der Waals surface area contributed by atoms with Crippen molar-refractivity contribution >= 4 is 11.4 Å². The van der Waals surface area contributed by atoms with Crippen LogP contribution in [-0.4, -0.2) is 0 Å². The molecule has 0 amide bonds. The van der Waals surface area contributed by atoms with Gasteiger partial charge in [-0.2, -0.15) is 0 Å². The second-order valence-corrected chi connectivity index (χ2v) is 3.50. The molecular weight excluding hydrogens is 210 g/mol. The van der Waals surface area contributed by atoms with E-state index < -0.39 is 11.6 Å². The van der Waals surface area contributed by atoms with Gasteiger partial charge >= 0.3 is 0 Å². The van der Waals surface area contributed by atoms with E-state index in [-0.39, 0.29) is 0 Å². The van der Waals surface area contributed by atoms with Gasteiger partial charge in [0, 0.05) is 6.07 Å². The quantitative estimate of drug-likeness (QED) is 0.726. The minimum Gasteiger partial charge on any atom is -0.397 e. The van der Waals surface area contributed by atoms with E-state index >= 15 is 0 Å². The van der Waals surface area contributed by atoms with E-state index in [1.807, 2.05) is 0 Å². The van der Waals surface area contributed by atoms with Gasteiger partial charge in [0.1, 0.15) is 11.6 Å². The van der Waals surface area contributed by atoms with Crippen molar-refractivity contribution in [1.82, 2.24) is 0 Å². The molecule has 0 fully saturated rings. The van der Waals surface area contributed by atoms with Crippen LogP contribution in [0.4, 0.5) is 20.2 Å². The highest BCUT2D eigenvalue weighted by Crippen LogP contribution is 2.26. The van der Waals surface area contributed by atoms with Crippen molar-refractivity contribution in [3.8, 4) is 11.1 Å². The Balaban J connectivity index is 2.54. The maximum atomic E-state index is 13.0. The lowest BCUT2D eigenvalue weighted by molar-refractivity contribution is 0.584. The number of hydrogen-bond acceptors (Lipinski definition) is 2. The fourth-order valence-electron chi connectivity index (χ4n) is 1.47.